The minimum atomic E-state index is -1.82. The third kappa shape index (κ3) is 4.52. The molecule has 0 aromatic heterocycles. The van der Waals surface area contributed by atoms with Crippen LogP contribution in [0, 0.1) is 0 Å². The lowest BCUT2D eigenvalue weighted by atomic mass is 10.1. The van der Waals surface area contributed by atoms with Gasteiger partial charge in [-0.05, 0) is 47.5 Å². The first kappa shape index (κ1) is 21.5. The number of rotatable bonds is 6. The predicted molar refractivity (Wildman–Crippen MR) is 125 cm³/mol. The zero-order valence-electron chi connectivity index (χ0n) is 16.3. The highest BCUT2D eigenvalue weighted by atomic mass is 127. The van der Waals surface area contributed by atoms with E-state index in [1.54, 1.807) is 0 Å². The molecule has 29 heavy (non-hydrogen) atoms. The van der Waals surface area contributed by atoms with Crippen molar-refractivity contribution in [3.63, 3.8) is 0 Å². The molecule has 0 spiro atoms. The van der Waals surface area contributed by atoms with Crippen LogP contribution in [0.4, 0.5) is 0 Å². The van der Waals surface area contributed by atoms with E-state index in [-0.39, 0.29) is 24.0 Å². The number of halogens is 1. The van der Waals surface area contributed by atoms with Gasteiger partial charge in [0, 0.05) is 0 Å². The van der Waals surface area contributed by atoms with Crippen LogP contribution in [0.2, 0.25) is 0 Å². The second-order valence-electron chi connectivity index (χ2n) is 6.92. The molecule has 4 aromatic carbocycles. The molecule has 0 saturated carbocycles. The first-order valence-corrected chi connectivity index (χ1v) is 11.6. The highest BCUT2D eigenvalue weighted by molar-refractivity contribution is 7.95. The van der Waals surface area contributed by atoms with Crippen LogP contribution in [0.1, 0.15) is 11.1 Å². The highest BCUT2D eigenvalue weighted by Crippen LogP contribution is 2.58. The lowest BCUT2D eigenvalue weighted by Gasteiger charge is -2.27. The maximum absolute atomic E-state index is 3.88. The lowest BCUT2D eigenvalue weighted by molar-refractivity contribution is -0.00000540. The van der Waals surface area contributed by atoms with Crippen molar-refractivity contribution in [2.45, 2.75) is 6.16 Å². The Labute approximate surface area is 191 Å². The zero-order chi connectivity index (χ0) is 19.2. The minimum absolute atomic E-state index is 0. The molecule has 0 unspecified atom stereocenters. The van der Waals surface area contributed by atoms with Gasteiger partial charge in [0.25, 0.3) is 0 Å². The maximum atomic E-state index is 3.88. The number of hydrogen-bond acceptors (Lipinski definition) is 0. The molecule has 2 heteroatoms. The van der Waals surface area contributed by atoms with Gasteiger partial charge in [-0.25, -0.2) is 0 Å². The van der Waals surface area contributed by atoms with Crippen molar-refractivity contribution in [3.8, 4) is 0 Å². The summed E-state index contributed by atoms with van der Waals surface area (Å²) in [5, 5.41) is 4.25. The van der Waals surface area contributed by atoms with Gasteiger partial charge in [0.15, 0.2) is 0 Å². The molecule has 0 fully saturated rings. The molecule has 0 amide bonds. The Morgan fingerprint density at radius 2 is 0.931 bits per heavy atom. The largest absolute Gasteiger partial charge is 1.00 e. The fourth-order valence-corrected chi connectivity index (χ4v) is 8.05. The van der Waals surface area contributed by atoms with Gasteiger partial charge >= 0.3 is 0 Å². The van der Waals surface area contributed by atoms with Crippen molar-refractivity contribution in [2.75, 3.05) is 0 Å². The van der Waals surface area contributed by atoms with Gasteiger partial charge in [0.2, 0.25) is 0 Å². The summed E-state index contributed by atoms with van der Waals surface area (Å²) in [5.74, 6) is 0. The van der Waals surface area contributed by atoms with Gasteiger partial charge in [-0.15, -0.1) is 0 Å². The Morgan fingerprint density at radius 3 is 1.28 bits per heavy atom. The van der Waals surface area contributed by atoms with Crippen LogP contribution in [0.25, 0.3) is 6.08 Å². The van der Waals surface area contributed by atoms with Crippen molar-refractivity contribution in [3.05, 3.63) is 133 Å². The first-order chi connectivity index (χ1) is 13.8. The minimum Gasteiger partial charge on any atom is -1.00 e. The van der Waals surface area contributed by atoms with Crippen molar-refractivity contribution in [1.29, 1.82) is 0 Å². The van der Waals surface area contributed by atoms with E-state index >= 15 is 0 Å². The summed E-state index contributed by atoms with van der Waals surface area (Å²) in [5.41, 5.74) is 2.52. The molecule has 0 nitrogen and oxygen atoms in total. The van der Waals surface area contributed by atoms with Crippen LogP contribution >= 0.6 is 7.26 Å². The first-order valence-electron chi connectivity index (χ1n) is 9.59. The Morgan fingerprint density at radius 1 is 0.552 bits per heavy atom. The third-order valence-electron chi connectivity index (χ3n) is 5.23. The van der Waals surface area contributed by atoms with Gasteiger partial charge in [0.05, 0.1) is 6.16 Å². The van der Waals surface area contributed by atoms with Gasteiger partial charge in [-0.3, -0.25) is 0 Å². The maximum Gasteiger partial charge on any atom is 0.116 e. The second-order valence-corrected chi connectivity index (χ2v) is 10.4. The van der Waals surface area contributed by atoms with Crippen LogP contribution in [-0.4, -0.2) is 0 Å². The zero-order valence-corrected chi connectivity index (χ0v) is 19.3. The summed E-state index contributed by atoms with van der Waals surface area (Å²) < 4.78 is 0. The predicted octanol–water partition coefficient (Wildman–Crippen LogP) is 2.83. The van der Waals surface area contributed by atoms with Gasteiger partial charge in [0.1, 0.15) is 23.2 Å². The molecule has 0 aliphatic heterocycles. The Kier molecular flexibility index (Phi) is 7.41. The normalized spacial score (nSPS) is 10.8. The Balaban J connectivity index is 0.00000240. The molecular weight excluding hydrogens is 482 g/mol. The molecule has 0 aliphatic rings. The highest BCUT2D eigenvalue weighted by Gasteiger charge is 2.45. The van der Waals surface area contributed by atoms with Gasteiger partial charge in [-0.2, -0.15) is 0 Å². The molecule has 4 rings (SSSR count). The molecule has 0 radical (unpaired) electrons. The SMILES string of the molecule is C=Cc1ccc(C[P+](c2ccccc2)(c2ccccc2)c2ccccc2)cc1.[I-]. The molecular formula is C27H24IP. The smallest absolute Gasteiger partial charge is 0.116 e. The average molecular weight is 506 g/mol. The standard InChI is InChI=1S/C27H24P.HI/c1-2-23-18-20-24(21-19-23)22-28(25-12-6-3-7-13-25,26-14-8-4-9-15-26)27-16-10-5-11-17-27;/h2-21H,1,22H2;1H/q+1;/p-1. The number of hydrogen-bond donors (Lipinski definition) is 0. The lowest BCUT2D eigenvalue weighted by Crippen LogP contribution is -3.00. The van der Waals surface area contributed by atoms with Crippen molar-refractivity contribution in [1.82, 2.24) is 0 Å². The van der Waals surface area contributed by atoms with Crippen molar-refractivity contribution < 1.29 is 24.0 Å². The van der Waals surface area contributed by atoms with Gasteiger partial charge < -0.3 is 24.0 Å². The molecule has 0 heterocycles. The molecule has 144 valence electrons. The van der Waals surface area contributed by atoms with Crippen LogP contribution in [0.15, 0.2) is 122 Å². The van der Waals surface area contributed by atoms with Crippen LogP contribution in [0.5, 0.6) is 0 Å². The van der Waals surface area contributed by atoms with E-state index in [0.29, 0.717) is 0 Å². The fraction of sp³-hybridized carbons (Fsp3) is 0.0370. The van der Waals surface area contributed by atoms with E-state index in [2.05, 4.69) is 122 Å². The van der Waals surface area contributed by atoms with Crippen LogP contribution < -0.4 is 39.9 Å². The van der Waals surface area contributed by atoms with E-state index in [4.69, 9.17) is 0 Å². The average Bonchev–Trinajstić information content (AvgIpc) is 2.80. The summed E-state index contributed by atoms with van der Waals surface area (Å²) in [6.45, 7) is 3.88. The monoisotopic (exact) mass is 506 g/mol. The quantitative estimate of drug-likeness (QED) is 0.279. The van der Waals surface area contributed by atoms with E-state index in [0.717, 1.165) is 11.7 Å². The fourth-order valence-electron chi connectivity index (χ4n) is 3.80. The molecule has 0 bridgehead atoms. The molecule has 0 N–H and O–H groups in total. The van der Waals surface area contributed by atoms with E-state index in [1.165, 1.54) is 21.5 Å². The topological polar surface area (TPSA) is 0 Å². The van der Waals surface area contributed by atoms with E-state index in [1.807, 2.05) is 6.08 Å². The van der Waals surface area contributed by atoms with Crippen molar-refractivity contribution >= 4 is 29.3 Å². The third-order valence-corrected chi connectivity index (χ3v) is 9.60. The van der Waals surface area contributed by atoms with E-state index < -0.39 is 7.26 Å². The number of benzene rings is 4. The molecule has 0 saturated heterocycles. The molecule has 0 aliphatic carbocycles. The summed E-state index contributed by atoms with van der Waals surface area (Å²) in [6, 6.07) is 41.9. The second kappa shape index (κ2) is 10.0. The van der Waals surface area contributed by atoms with Gasteiger partial charge in [-0.1, -0.05) is 91.5 Å². The Hall–Kier alpha value is -2.22. The summed E-state index contributed by atoms with van der Waals surface area (Å²) in [7, 11) is -1.82. The molecule has 4 aromatic rings. The van der Waals surface area contributed by atoms with Crippen LogP contribution in [0.3, 0.4) is 0 Å². The van der Waals surface area contributed by atoms with E-state index in [9.17, 15) is 0 Å². The summed E-state index contributed by atoms with van der Waals surface area (Å²) in [6.07, 6.45) is 2.90. The van der Waals surface area contributed by atoms with Crippen molar-refractivity contribution in [2.24, 2.45) is 0 Å². The molecule has 0 atom stereocenters. The summed E-state index contributed by atoms with van der Waals surface area (Å²) in [4.78, 5) is 0. The Bertz CT molecular complexity index is 929. The van der Waals surface area contributed by atoms with Crippen LogP contribution in [-0.2, 0) is 6.16 Å². The summed E-state index contributed by atoms with van der Waals surface area (Å²) >= 11 is 0.